The monoisotopic (exact) mass is 400 g/mol. The maximum absolute atomic E-state index is 11.9. The van der Waals surface area contributed by atoms with Gasteiger partial charge in [-0.15, -0.1) is 10.2 Å². The summed E-state index contributed by atoms with van der Waals surface area (Å²) in [5, 5.41) is 9.85. The molecular formula is C21H28N4O2S. The molecule has 2 heterocycles. The van der Waals surface area contributed by atoms with E-state index in [2.05, 4.69) is 27.1 Å². The van der Waals surface area contributed by atoms with Crippen LogP contribution in [0.15, 0.2) is 29.4 Å². The van der Waals surface area contributed by atoms with Gasteiger partial charge in [-0.3, -0.25) is 4.79 Å². The Morgan fingerprint density at radius 3 is 2.61 bits per heavy atom. The second-order valence-electron chi connectivity index (χ2n) is 6.95. The highest BCUT2D eigenvalue weighted by Gasteiger charge is 2.11. The van der Waals surface area contributed by atoms with Crippen LogP contribution in [0.5, 0.6) is 0 Å². The summed E-state index contributed by atoms with van der Waals surface area (Å²) in [6.45, 7) is 2.73. The summed E-state index contributed by atoms with van der Waals surface area (Å²) in [6, 6.07) is 7.89. The van der Waals surface area contributed by atoms with Crippen LogP contribution in [0.4, 0.5) is 0 Å². The molecule has 6 nitrogen and oxygen atoms in total. The normalized spacial score (nSPS) is 11.3. The van der Waals surface area contributed by atoms with Crippen LogP contribution in [0, 0.1) is 0 Å². The lowest BCUT2D eigenvalue weighted by molar-refractivity contribution is -0.140. The van der Waals surface area contributed by atoms with Gasteiger partial charge in [0.2, 0.25) is 5.16 Å². The number of para-hydroxylation sites is 1. The summed E-state index contributed by atoms with van der Waals surface area (Å²) >= 11 is 1.25. The van der Waals surface area contributed by atoms with Crippen LogP contribution in [0.25, 0.3) is 22.1 Å². The molecule has 150 valence electrons. The van der Waals surface area contributed by atoms with Crippen LogP contribution in [0.2, 0.25) is 0 Å². The second-order valence-corrected chi connectivity index (χ2v) is 7.89. The predicted molar refractivity (Wildman–Crippen MR) is 113 cm³/mol. The SMILES string of the molecule is CCCCCCCCCCOC(=O)CSc1nnc2c(n1)[nH]c1ccccc12. The Kier molecular flexibility index (Phi) is 8.08. The largest absolute Gasteiger partial charge is 0.465 e. The zero-order valence-electron chi connectivity index (χ0n) is 16.4. The van der Waals surface area contributed by atoms with Crippen LogP contribution in [0.1, 0.15) is 58.3 Å². The van der Waals surface area contributed by atoms with Crippen LogP contribution >= 0.6 is 11.8 Å². The van der Waals surface area contributed by atoms with Crippen molar-refractivity contribution in [3.8, 4) is 0 Å². The highest BCUT2D eigenvalue weighted by molar-refractivity contribution is 7.99. The van der Waals surface area contributed by atoms with Gasteiger partial charge in [0, 0.05) is 10.9 Å². The number of fused-ring (bicyclic) bond motifs is 3. The molecule has 7 heteroatoms. The van der Waals surface area contributed by atoms with E-state index in [0.717, 1.165) is 29.3 Å². The zero-order valence-corrected chi connectivity index (χ0v) is 17.3. The number of unbranched alkanes of at least 4 members (excludes halogenated alkanes) is 7. The molecule has 0 saturated carbocycles. The number of hydrogen-bond donors (Lipinski definition) is 1. The van der Waals surface area contributed by atoms with Crippen molar-refractivity contribution in [3.05, 3.63) is 24.3 Å². The van der Waals surface area contributed by atoms with Gasteiger partial charge < -0.3 is 9.72 Å². The molecule has 0 aliphatic heterocycles. The first kappa shape index (κ1) is 20.6. The van der Waals surface area contributed by atoms with Gasteiger partial charge in [0.15, 0.2) is 5.65 Å². The number of rotatable bonds is 12. The summed E-state index contributed by atoms with van der Waals surface area (Å²) < 4.78 is 5.30. The molecule has 1 N–H and O–H groups in total. The van der Waals surface area contributed by atoms with E-state index in [4.69, 9.17) is 4.74 Å². The molecule has 0 fully saturated rings. The predicted octanol–water partition coefficient (Wildman–Crippen LogP) is 5.28. The fourth-order valence-corrected chi connectivity index (χ4v) is 3.74. The lowest BCUT2D eigenvalue weighted by atomic mass is 10.1. The molecule has 0 aliphatic rings. The van der Waals surface area contributed by atoms with E-state index in [9.17, 15) is 4.79 Å². The van der Waals surface area contributed by atoms with Crippen molar-refractivity contribution in [1.82, 2.24) is 20.2 Å². The Labute approximate surface area is 169 Å². The minimum absolute atomic E-state index is 0.199. The Balaban J connectivity index is 1.35. The molecule has 28 heavy (non-hydrogen) atoms. The quantitative estimate of drug-likeness (QED) is 0.253. The fourth-order valence-electron chi connectivity index (χ4n) is 3.15. The average molecular weight is 401 g/mol. The first-order chi connectivity index (χ1) is 13.8. The molecule has 3 aromatic rings. The molecule has 0 amide bonds. The number of thioether (sulfide) groups is 1. The molecule has 0 spiro atoms. The lowest BCUT2D eigenvalue weighted by Gasteiger charge is -2.04. The van der Waals surface area contributed by atoms with Gasteiger partial charge in [0.25, 0.3) is 0 Å². The smallest absolute Gasteiger partial charge is 0.316 e. The molecule has 1 aromatic carbocycles. The van der Waals surface area contributed by atoms with E-state index < -0.39 is 0 Å². The highest BCUT2D eigenvalue weighted by Crippen LogP contribution is 2.23. The van der Waals surface area contributed by atoms with Crippen molar-refractivity contribution in [2.75, 3.05) is 12.4 Å². The van der Waals surface area contributed by atoms with Gasteiger partial charge in [-0.1, -0.05) is 81.8 Å². The molecule has 0 bridgehead atoms. The number of hydrogen-bond acceptors (Lipinski definition) is 6. The van der Waals surface area contributed by atoms with Crippen molar-refractivity contribution in [1.29, 1.82) is 0 Å². The highest BCUT2D eigenvalue weighted by atomic mass is 32.2. The maximum Gasteiger partial charge on any atom is 0.316 e. The molecule has 0 radical (unpaired) electrons. The van der Waals surface area contributed by atoms with Crippen molar-refractivity contribution < 1.29 is 9.53 Å². The standard InChI is InChI=1S/C21H28N4O2S/c1-2-3-4-5-6-7-8-11-14-27-18(26)15-28-21-23-20-19(24-25-21)16-12-9-10-13-17(16)22-20/h9-10,12-13H,2-8,11,14-15H2,1H3,(H,22,23,25). The van der Waals surface area contributed by atoms with Crippen LogP contribution in [-0.4, -0.2) is 38.5 Å². The maximum atomic E-state index is 11.9. The summed E-state index contributed by atoms with van der Waals surface area (Å²) in [6.07, 6.45) is 9.83. The molecule has 0 unspecified atom stereocenters. The van der Waals surface area contributed by atoms with E-state index in [0.29, 0.717) is 17.4 Å². The van der Waals surface area contributed by atoms with E-state index in [1.165, 1.54) is 50.3 Å². The third-order valence-electron chi connectivity index (χ3n) is 4.68. The molecule has 0 atom stereocenters. The number of aromatic nitrogens is 4. The van der Waals surface area contributed by atoms with Gasteiger partial charge in [0.05, 0.1) is 12.4 Å². The van der Waals surface area contributed by atoms with Crippen molar-refractivity contribution in [2.45, 2.75) is 63.4 Å². The molecule has 0 saturated heterocycles. The minimum Gasteiger partial charge on any atom is -0.465 e. The average Bonchev–Trinajstić information content (AvgIpc) is 3.09. The first-order valence-electron chi connectivity index (χ1n) is 10.2. The molecule has 0 aliphatic carbocycles. The van der Waals surface area contributed by atoms with Crippen molar-refractivity contribution >= 4 is 39.8 Å². The fraction of sp³-hybridized carbons (Fsp3) is 0.524. The van der Waals surface area contributed by atoms with Gasteiger partial charge in [-0.05, 0) is 12.5 Å². The number of nitrogens with one attached hydrogen (secondary N) is 1. The van der Waals surface area contributed by atoms with E-state index in [1.54, 1.807) is 0 Å². The number of H-pyrrole nitrogens is 1. The first-order valence-corrected chi connectivity index (χ1v) is 11.2. The Bertz CT molecular complexity index is 896. The summed E-state index contributed by atoms with van der Waals surface area (Å²) in [4.78, 5) is 19.6. The van der Waals surface area contributed by atoms with Crippen molar-refractivity contribution in [2.24, 2.45) is 0 Å². The number of ether oxygens (including phenoxy) is 1. The number of esters is 1. The van der Waals surface area contributed by atoms with Crippen molar-refractivity contribution in [3.63, 3.8) is 0 Å². The third-order valence-corrected chi connectivity index (χ3v) is 5.49. The summed E-state index contributed by atoms with van der Waals surface area (Å²) in [7, 11) is 0. The van der Waals surface area contributed by atoms with Gasteiger partial charge in [0.1, 0.15) is 5.52 Å². The van der Waals surface area contributed by atoms with E-state index >= 15 is 0 Å². The van der Waals surface area contributed by atoms with Gasteiger partial charge in [-0.25, -0.2) is 4.98 Å². The Morgan fingerprint density at radius 1 is 1.04 bits per heavy atom. The van der Waals surface area contributed by atoms with Crippen LogP contribution < -0.4 is 0 Å². The zero-order chi connectivity index (χ0) is 19.6. The minimum atomic E-state index is -0.228. The topological polar surface area (TPSA) is 80.8 Å². The van der Waals surface area contributed by atoms with Gasteiger partial charge in [-0.2, -0.15) is 0 Å². The van der Waals surface area contributed by atoms with Crippen LogP contribution in [-0.2, 0) is 9.53 Å². The summed E-state index contributed by atoms with van der Waals surface area (Å²) in [5.74, 6) is -0.0296. The number of nitrogens with zero attached hydrogens (tertiary/aromatic N) is 3. The molecular weight excluding hydrogens is 372 g/mol. The Morgan fingerprint density at radius 2 is 1.79 bits per heavy atom. The third kappa shape index (κ3) is 5.92. The number of carbonyl (C=O) groups excluding carboxylic acids is 1. The molecule has 2 aromatic heterocycles. The summed E-state index contributed by atoms with van der Waals surface area (Å²) in [5.41, 5.74) is 2.41. The number of carbonyl (C=O) groups is 1. The van der Waals surface area contributed by atoms with Gasteiger partial charge >= 0.3 is 5.97 Å². The Hall–Kier alpha value is -2.15. The van der Waals surface area contributed by atoms with Crippen LogP contribution in [0.3, 0.4) is 0 Å². The molecule has 3 rings (SSSR count). The lowest BCUT2D eigenvalue weighted by Crippen LogP contribution is -2.09. The van der Waals surface area contributed by atoms with E-state index in [1.807, 2.05) is 24.3 Å². The van der Waals surface area contributed by atoms with E-state index in [-0.39, 0.29) is 11.7 Å². The number of aromatic amines is 1. The number of benzene rings is 1. The second kappa shape index (κ2) is 11.0.